The zero-order valence-electron chi connectivity index (χ0n) is 8.20. The van der Waals surface area contributed by atoms with Crippen molar-refractivity contribution in [2.75, 3.05) is 26.3 Å². The summed E-state index contributed by atoms with van der Waals surface area (Å²) in [4.78, 5) is 13.1. The number of amides is 1. The lowest BCUT2D eigenvalue weighted by Crippen LogP contribution is -2.46. The second kappa shape index (κ2) is 3.61. The molecule has 78 valence electrons. The SMILES string of the molecule is C=CCOC(=O)N1CCC2(CCO2)C1. The van der Waals surface area contributed by atoms with E-state index in [2.05, 4.69) is 6.58 Å². The summed E-state index contributed by atoms with van der Waals surface area (Å²) in [5.74, 6) is 0. The number of likely N-dealkylation sites (tertiary alicyclic amines) is 1. The summed E-state index contributed by atoms with van der Waals surface area (Å²) in [5.41, 5.74) is -0.0345. The smallest absolute Gasteiger partial charge is 0.410 e. The van der Waals surface area contributed by atoms with Gasteiger partial charge in [0.15, 0.2) is 0 Å². The minimum Gasteiger partial charge on any atom is -0.445 e. The predicted octanol–water partition coefficient (Wildman–Crippen LogP) is 1.17. The molecule has 0 saturated carbocycles. The third-order valence-corrected chi connectivity index (χ3v) is 2.87. The van der Waals surface area contributed by atoms with E-state index >= 15 is 0 Å². The number of ether oxygens (including phenoxy) is 2. The molecule has 1 amide bonds. The number of nitrogens with zero attached hydrogens (tertiary/aromatic N) is 1. The van der Waals surface area contributed by atoms with Gasteiger partial charge in [0.1, 0.15) is 6.61 Å². The van der Waals surface area contributed by atoms with Gasteiger partial charge in [-0.15, -0.1) is 0 Å². The van der Waals surface area contributed by atoms with E-state index in [4.69, 9.17) is 9.47 Å². The molecule has 1 unspecified atom stereocenters. The minimum absolute atomic E-state index is 0.0345. The van der Waals surface area contributed by atoms with Crippen molar-refractivity contribution in [1.29, 1.82) is 0 Å². The normalized spacial score (nSPS) is 30.1. The molecular weight excluding hydrogens is 182 g/mol. The molecule has 0 aromatic heterocycles. The van der Waals surface area contributed by atoms with Gasteiger partial charge in [-0.3, -0.25) is 0 Å². The number of carbonyl (C=O) groups excluding carboxylic acids is 1. The Kier molecular flexibility index (Phi) is 2.46. The van der Waals surface area contributed by atoms with Gasteiger partial charge < -0.3 is 14.4 Å². The Balaban J connectivity index is 1.82. The number of hydrogen-bond acceptors (Lipinski definition) is 3. The van der Waals surface area contributed by atoms with Gasteiger partial charge in [0.2, 0.25) is 0 Å². The minimum atomic E-state index is -0.253. The van der Waals surface area contributed by atoms with Crippen LogP contribution >= 0.6 is 0 Å². The van der Waals surface area contributed by atoms with Crippen molar-refractivity contribution in [3.8, 4) is 0 Å². The van der Waals surface area contributed by atoms with Crippen molar-refractivity contribution in [2.45, 2.75) is 18.4 Å². The van der Waals surface area contributed by atoms with Crippen LogP contribution in [-0.4, -0.2) is 42.9 Å². The Morgan fingerprint density at radius 2 is 2.43 bits per heavy atom. The molecule has 4 heteroatoms. The zero-order valence-corrected chi connectivity index (χ0v) is 8.20. The van der Waals surface area contributed by atoms with E-state index in [-0.39, 0.29) is 18.3 Å². The maximum Gasteiger partial charge on any atom is 0.410 e. The molecular formula is C10H15NO3. The molecule has 0 radical (unpaired) electrons. The van der Waals surface area contributed by atoms with Crippen LogP contribution in [0.15, 0.2) is 12.7 Å². The van der Waals surface area contributed by atoms with E-state index < -0.39 is 0 Å². The maximum absolute atomic E-state index is 11.4. The fraction of sp³-hybridized carbons (Fsp3) is 0.700. The van der Waals surface area contributed by atoms with Gasteiger partial charge in [-0.25, -0.2) is 4.79 Å². The van der Waals surface area contributed by atoms with E-state index in [0.717, 1.165) is 26.0 Å². The molecule has 0 aliphatic carbocycles. The first kappa shape index (κ1) is 9.52. The Morgan fingerprint density at radius 1 is 1.64 bits per heavy atom. The average molecular weight is 197 g/mol. The van der Waals surface area contributed by atoms with Crippen molar-refractivity contribution in [2.24, 2.45) is 0 Å². The highest BCUT2D eigenvalue weighted by atomic mass is 16.6. The van der Waals surface area contributed by atoms with Crippen LogP contribution in [0.1, 0.15) is 12.8 Å². The van der Waals surface area contributed by atoms with Crippen LogP contribution in [0, 0.1) is 0 Å². The van der Waals surface area contributed by atoms with Crippen molar-refractivity contribution in [3.63, 3.8) is 0 Å². The fourth-order valence-corrected chi connectivity index (χ4v) is 1.93. The van der Waals surface area contributed by atoms with Gasteiger partial charge in [-0.1, -0.05) is 12.7 Å². The molecule has 1 spiro atoms. The summed E-state index contributed by atoms with van der Waals surface area (Å²) < 4.78 is 10.4. The fourth-order valence-electron chi connectivity index (χ4n) is 1.93. The monoisotopic (exact) mass is 197 g/mol. The zero-order chi connectivity index (χ0) is 10.0. The van der Waals surface area contributed by atoms with Gasteiger partial charge in [-0.05, 0) is 6.42 Å². The van der Waals surface area contributed by atoms with Crippen LogP contribution in [0.4, 0.5) is 4.79 Å². The van der Waals surface area contributed by atoms with Gasteiger partial charge in [0, 0.05) is 13.0 Å². The lowest BCUT2D eigenvalue weighted by Gasteiger charge is -2.38. The van der Waals surface area contributed by atoms with Crippen LogP contribution in [0.3, 0.4) is 0 Å². The van der Waals surface area contributed by atoms with E-state index in [9.17, 15) is 4.79 Å². The summed E-state index contributed by atoms with van der Waals surface area (Å²) in [7, 11) is 0. The van der Waals surface area contributed by atoms with Crippen LogP contribution in [-0.2, 0) is 9.47 Å². The second-order valence-corrected chi connectivity index (χ2v) is 3.82. The Bertz CT molecular complexity index is 248. The predicted molar refractivity (Wildman–Crippen MR) is 51.0 cm³/mol. The largest absolute Gasteiger partial charge is 0.445 e. The molecule has 0 N–H and O–H groups in total. The highest BCUT2D eigenvalue weighted by molar-refractivity contribution is 5.68. The van der Waals surface area contributed by atoms with Gasteiger partial charge >= 0.3 is 6.09 Å². The summed E-state index contributed by atoms with van der Waals surface area (Å²) in [6, 6.07) is 0. The third-order valence-electron chi connectivity index (χ3n) is 2.87. The quantitative estimate of drug-likeness (QED) is 0.624. The summed E-state index contributed by atoms with van der Waals surface area (Å²) in [5, 5.41) is 0. The molecule has 2 aliphatic heterocycles. The van der Waals surface area contributed by atoms with Crippen molar-refractivity contribution >= 4 is 6.09 Å². The van der Waals surface area contributed by atoms with E-state index in [1.165, 1.54) is 0 Å². The first-order valence-electron chi connectivity index (χ1n) is 4.92. The lowest BCUT2D eigenvalue weighted by atomic mass is 9.94. The first-order chi connectivity index (χ1) is 6.76. The Morgan fingerprint density at radius 3 is 2.93 bits per heavy atom. The van der Waals surface area contributed by atoms with Crippen LogP contribution in [0.2, 0.25) is 0 Å². The Labute approximate surface area is 83.5 Å². The first-order valence-corrected chi connectivity index (χ1v) is 4.92. The third kappa shape index (κ3) is 1.62. The molecule has 1 atom stereocenters. The van der Waals surface area contributed by atoms with Crippen molar-refractivity contribution in [1.82, 2.24) is 4.90 Å². The summed E-state index contributed by atoms with van der Waals surface area (Å²) in [6.07, 6.45) is 3.33. The van der Waals surface area contributed by atoms with E-state index in [1.807, 2.05) is 0 Å². The standard InChI is InChI=1S/C10H15NO3/c1-2-6-13-9(12)11-5-3-10(8-11)4-7-14-10/h2H,1,3-8H2. The van der Waals surface area contributed by atoms with Crippen LogP contribution in [0.5, 0.6) is 0 Å². The van der Waals surface area contributed by atoms with Gasteiger partial charge in [0.25, 0.3) is 0 Å². The number of carbonyl (C=O) groups is 1. The molecule has 4 nitrogen and oxygen atoms in total. The summed E-state index contributed by atoms with van der Waals surface area (Å²) >= 11 is 0. The second-order valence-electron chi connectivity index (χ2n) is 3.82. The van der Waals surface area contributed by atoms with Crippen molar-refractivity contribution < 1.29 is 14.3 Å². The summed E-state index contributed by atoms with van der Waals surface area (Å²) in [6.45, 7) is 6.03. The number of rotatable bonds is 2. The van der Waals surface area contributed by atoms with Gasteiger partial charge in [0.05, 0.1) is 18.8 Å². The lowest BCUT2D eigenvalue weighted by molar-refractivity contribution is -0.136. The molecule has 2 rings (SSSR count). The van der Waals surface area contributed by atoms with E-state index in [1.54, 1.807) is 11.0 Å². The van der Waals surface area contributed by atoms with Gasteiger partial charge in [-0.2, -0.15) is 0 Å². The molecule has 2 saturated heterocycles. The number of hydrogen-bond donors (Lipinski definition) is 0. The highest BCUT2D eigenvalue weighted by Gasteiger charge is 2.46. The molecule has 2 aliphatic rings. The average Bonchev–Trinajstić information content (AvgIpc) is 2.58. The highest BCUT2D eigenvalue weighted by Crippen LogP contribution is 2.35. The maximum atomic E-state index is 11.4. The topological polar surface area (TPSA) is 38.8 Å². The molecule has 0 bridgehead atoms. The molecule has 14 heavy (non-hydrogen) atoms. The molecule has 0 aromatic rings. The molecule has 2 heterocycles. The van der Waals surface area contributed by atoms with Crippen LogP contribution < -0.4 is 0 Å². The Hall–Kier alpha value is -1.03. The van der Waals surface area contributed by atoms with Crippen LogP contribution in [0.25, 0.3) is 0 Å². The molecule has 0 aromatic carbocycles. The molecule has 2 fully saturated rings. The van der Waals surface area contributed by atoms with E-state index in [0.29, 0.717) is 6.54 Å². The van der Waals surface area contributed by atoms with Crippen molar-refractivity contribution in [3.05, 3.63) is 12.7 Å².